The van der Waals surface area contributed by atoms with Gasteiger partial charge in [0.15, 0.2) is 6.61 Å². The van der Waals surface area contributed by atoms with E-state index in [-0.39, 0.29) is 24.5 Å². The molecule has 5 rings (SSSR count). The Bertz CT molecular complexity index is 1020. The second kappa shape index (κ2) is 9.02. The van der Waals surface area contributed by atoms with Gasteiger partial charge in [-0.25, -0.2) is 4.79 Å². The van der Waals surface area contributed by atoms with Crippen molar-refractivity contribution in [3.63, 3.8) is 0 Å². The van der Waals surface area contributed by atoms with Gasteiger partial charge in [0.2, 0.25) is 0 Å². The second-order valence-electron chi connectivity index (χ2n) is 8.96. The fraction of sp³-hybridized carbons (Fsp3) is 0.500. The molecule has 2 heterocycles. The number of aromatic nitrogens is 1. The van der Waals surface area contributed by atoms with Gasteiger partial charge in [0.05, 0.1) is 11.1 Å². The maximum Gasteiger partial charge on any atom is 0.341 e. The quantitative estimate of drug-likeness (QED) is 0.594. The van der Waals surface area contributed by atoms with Crippen molar-refractivity contribution in [1.82, 2.24) is 10.3 Å². The summed E-state index contributed by atoms with van der Waals surface area (Å²) in [5, 5.41) is 6.44. The Balaban J connectivity index is 1.28. The highest BCUT2D eigenvalue weighted by Gasteiger charge is 2.42. The van der Waals surface area contributed by atoms with E-state index in [1.54, 1.807) is 18.3 Å². The number of rotatable bonds is 8. The van der Waals surface area contributed by atoms with E-state index in [1.165, 1.54) is 43.2 Å². The summed E-state index contributed by atoms with van der Waals surface area (Å²) < 4.78 is 5.44. The molecule has 3 aliphatic carbocycles. The van der Waals surface area contributed by atoms with Crippen LogP contribution in [-0.4, -0.2) is 35.4 Å². The van der Waals surface area contributed by atoms with E-state index in [0.717, 1.165) is 36.1 Å². The molecule has 2 amide bonds. The zero-order chi connectivity index (χ0) is 22.1. The number of hydrogen-bond acceptors (Lipinski definition) is 6. The number of nitrogens with zero attached hydrogens (tertiary/aromatic N) is 1. The average Bonchev–Trinajstić information content (AvgIpc) is 3.73. The van der Waals surface area contributed by atoms with E-state index < -0.39 is 5.97 Å². The van der Waals surface area contributed by atoms with Gasteiger partial charge in [0, 0.05) is 23.3 Å². The first-order valence-corrected chi connectivity index (χ1v) is 12.2. The zero-order valence-electron chi connectivity index (χ0n) is 17.9. The number of aryl methyl sites for hydroxylation is 1. The molecular formula is C24H27N3O4S. The summed E-state index contributed by atoms with van der Waals surface area (Å²) in [5.74, 6) is 0.0588. The highest BCUT2D eigenvalue weighted by Crippen LogP contribution is 2.44. The molecule has 0 atom stereocenters. The third-order valence-corrected chi connectivity index (χ3v) is 7.66. The predicted octanol–water partition coefficient (Wildman–Crippen LogP) is 3.74. The number of anilines is 1. The number of pyridine rings is 1. The summed E-state index contributed by atoms with van der Waals surface area (Å²) in [6, 6.07) is 3.59. The molecule has 0 spiro atoms. The van der Waals surface area contributed by atoms with E-state index in [9.17, 15) is 14.4 Å². The van der Waals surface area contributed by atoms with E-state index in [0.29, 0.717) is 28.0 Å². The van der Waals surface area contributed by atoms with E-state index in [4.69, 9.17) is 4.74 Å². The summed E-state index contributed by atoms with van der Waals surface area (Å²) in [7, 11) is 0. The molecule has 0 aliphatic heterocycles. The lowest BCUT2D eigenvalue weighted by Gasteiger charge is -2.18. The monoisotopic (exact) mass is 453 g/mol. The molecule has 168 valence electrons. The number of carbonyl (C=O) groups excluding carboxylic acids is 3. The van der Waals surface area contributed by atoms with Crippen LogP contribution < -0.4 is 10.6 Å². The fourth-order valence-corrected chi connectivity index (χ4v) is 5.78. The van der Waals surface area contributed by atoms with Gasteiger partial charge in [0.1, 0.15) is 5.00 Å². The van der Waals surface area contributed by atoms with Crippen LogP contribution in [0.1, 0.15) is 69.7 Å². The maximum absolute atomic E-state index is 13.0. The zero-order valence-corrected chi connectivity index (χ0v) is 18.7. The molecule has 8 heteroatoms. The lowest BCUT2D eigenvalue weighted by atomic mass is 9.95. The van der Waals surface area contributed by atoms with Crippen LogP contribution in [0.15, 0.2) is 24.5 Å². The molecule has 2 saturated carbocycles. The van der Waals surface area contributed by atoms with Crippen LogP contribution >= 0.6 is 11.3 Å². The Labute approximate surface area is 191 Å². The maximum atomic E-state index is 13.0. The highest BCUT2D eigenvalue weighted by molar-refractivity contribution is 7.17. The molecule has 0 radical (unpaired) electrons. The van der Waals surface area contributed by atoms with Crippen molar-refractivity contribution in [2.24, 2.45) is 11.8 Å². The Morgan fingerprint density at radius 1 is 1.12 bits per heavy atom. The van der Waals surface area contributed by atoms with Crippen molar-refractivity contribution >= 4 is 34.1 Å². The number of thiophene rings is 1. The number of nitrogens with one attached hydrogen (secondary N) is 2. The van der Waals surface area contributed by atoms with E-state index >= 15 is 0 Å². The molecule has 2 aromatic rings. The van der Waals surface area contributed by atoms with Crippen molar-refractivity contribution in [2.45, 2.75) is 57.4 Å². The van der Waals surface area contributed by atoms with Crippen LogP contribution in [0.5, 0.6) is 0 Å². The number of carbonyl (C=O) groups is 3. The van der Waals surface area contributed by atoms with Crippen LogP contribution in [-0.2, 0) is 22.4 Å². The van der Waals surface area contributed by atoms with Gasteiger partial charge in [0.25, 0.3) is 11.8 Å². The summed E-state index contributed by atoms with van der Waals surface area (Å²) in [5.41, 5.74) is 1.77. The first kappa shape index (κ1) is 21.1. The third kappa shape index (κ3) is 4.70. The molecular weight excluding hydrogens is 426 g/mol. The van der Waals surface area contributed by atoms with Gasteiger partial charge in [-0.15, -0.1) is 11.3 Å². The van der Waals surface area contributed by atoms with Crippen LogP contribution in [0.2, 0.25) is 0 Å². The Hall–Kier alpha value is -2.74. The van der Waals surface area contributed by atoms with Crippen molar-refractivity contribution in [3.8, 4) is 0 Å². The van der Waals surface area contributed by atoms with Crippen molar-refractivity contribution in [1.29, 1.82) is 0 Å². The minimum absolute atomic E-state index is 0.226. The van der Waals surface area contributed by atoms with Crippen LogP contribution in [0.25, 0.3) is 0 Å². The van der Waals surface area contributed by atoms with E-state index in [2.05, 4.69) is 15.6 Å². The number of fused-ring (bicyclic) bond motifs is 1. The van der Waals surface area contributed by atoms with Gasteiger partial charge in [-0.05, 0) is 80.9 Å². The molecule has 0 unspecified atom stereocenters. The molecule has 3 aliphatic rings. The number of amides is 2. The van der Waals surface area contributed by atoms with Gasteiger partial charge >= 0.3 is 5.97 Å². The molecule has 2 fully saturated rings. The highest BCUT2D eigenvalue weighted by atomic mass is 32.1. The first-order valence-electron chi connectivity index (χ1n) is 11.4. The Morgan fingerprint density at radius 3 is 2.56 bits per heavy atom. The summed E-state index contributed by atoms with van der Waals surface area (Å²) in [6.07, 6.45) is 11.5. The predicted molar refractivity (Wildman–Crippen MR) is 121 cm³/mol. The topological polar surface area (TPSA) is 97.4 Å². The molecule has 0 bridgehead atoms. The number of hydrogen-bond donors (Lipinski definition) is 2. The molecule has 32 heavy (non-hydrogen) atoms. The largest absolute Gasteiger partial charge is 0.452 e. The van der Waals surface area contributed by atoms with E-state index in [1.807, 2.05) is 0 Å². The van der Waals surface area contributed by atoms with Crippen LogP contribution in [0.3, 0.4) is 0 Å². The van der Waals surface area contributed by atoms with Crippen molar-refractivity contribution in [3.05, 3.63) is 46.1 Å². The van der Waals surface area contributed by atoms with Crippen LogP contribution in [0, 0.1) is 11.8 Å². The van der Waals surface area contributed by atoms with Gasteiger partial charge in [-0.2, -0.15) is 0 Å². The number of esters is 1. The molecule has 0 saturated heterocycles. The minimum atomic E-state index is -0.546. The lowest BCUT2D eigenvalue weighted by molar-refractivity contribution is -0.125. The molecule has 2 N–H and O–H groups in total. The Morgan fingerprint density at radius 2 is 1.88 bits per heavy atom. The molecule has 0 aromatic carbocycles. The van der Waals surface area contributed by atoms with Crippen LogP contribution in [0.4, 0.5) is 5.00 Å². The average molecular weight is 454 g/mol. The Kier molecular flexibility index (Phi) is 5.95. The minimum Gasteiger partial charge on any atom is -0.452 e. The lowest BCUT2D eigenvalue weighted by Crippen LogP contribution is -2.40. The fourth-order valence-electron chi connectivity index (χ4n) is 4.50. The van der Waals surface area contributed by atoms with Gasteiger partial charge in [-0.3, -0.25) is 14.6 Å². The number of ether oxygens (including phenoxy) is 1. The van der Waals surface area contributed by atoms with Crippen molar-refractivity contribution < 1.29 is 19.1 Å². The van der Waals surface area contributed by atoms with Crippen molar-refractivity contribution in [2.75, 3.05) is 11.9 Å². The smallest absolute Gasteiger partial charge is 0.341 e. The first-order chi connectivity index (χ1) is 15.6. The van der Waals surface area contributed by atoms with Gasteiger partial charge in [-0.1, -0.05) is 0 Å². The third-order valence-electron chi connectivity index (χ3n) is 6.45. The second-order valence-corrected chi connectivity index (χ2v) is 10.1. The molecule has 7 nitrogen and oxygen atoms in total. The van der Waals surface area contributed by atoms with Gasteiger partial charge < -0.3 is 15.4 Å². The molecule has 2 aromatic heterocycles. The summed E-state index contributed by atoms with van der Waals surface area (Å²) in [6.45, 7) is -0.296. The SMILES string of the molecule is O=C(COC(=O)c1c(NC(=O)c2cccnc2)sc2c1CCCC2)NC(C1CC1)C1CC1. The summed E-state index contributed by atoms with van der Waals surface area (Å²) in [4.78, 5) is 43.3. The summed E-state index contributed by atoms with van der Waals surface area (Å²) >= 11 is 1.43. The standard InChI is InChI=1S/C24H27N3O4S/c28-19(26-21(14-7-8-14)15-9-10-15)13-31-24(30)20-17-5-1-2-6-18(17)32-23(20)27-22(29)16-4-3-11-25-12-16/h3-4,11-12,14-15,21H,1-2,5-10,13H2,(H,26,28)(H,27,29). The normalized spacial score (nSPS) is 17.5.